The topological polar surface area (TPSA) is 64.6 Å². The fourth-order valence-electron chi connectivity index (χ4n) is 1.69. The molecule has 0 spiro atoms. The molecule has 0 aliphatic carbocycles. The summed E-state index contributed by atoms with van der Waals surface area (Å²) in [5, 5.41) is 0.416. The predicted molar refractivity (Wildman–Crippen MR) is 78.7 cm³/mol. The highest BCUT2D eigenvalue weighted by Gasteiger charge is 2.27. The van der Waals surface area contributed by atoms with Gasteiger partial charge in [-0.1, -0.05) is 17.7 Å². The van der Waals surface area contributed by atoms with Gasteiger partial charge >= 0.3 is 0 Å². The van der Waals surface area contributed by atoms with E-state index >= 15 is 0 Å². The minimum absolute atomic E-state index is 0.103. The summed E-state index contributed by atoms with van der Waals surface area (Å²) in [4.78, 5) is 0.167. The third-order valence-corrected chi connectivity index (χ3v) is 5.04. The van der Waals surface area contributed by atoms with Crippen molar-refractivity contribution in [3.8, 4) is 0 Å². The van der Waals surface area contributed by atoms with Crippen LogP contribution < -0.4 is 4.72 Å². The van der Waals surface area contributed by atoms with Crippen LogP contribution in [0.15, 0.2) is 23.1 Å². The Balaban J connectivity index is 2.93. The zero-order valence-corrected chi connectivity index (χ0v) is 13.6. The van der Waals surface area contributed by atoms with Crippen LogP contribution in [-0.4, -0.2) is 41.4 Å². The largest absolute Gasteiger partial charge is 0.382 e. The van der Waals surface area contributed by atoms with Crippen LogP contribution in [0, 0.1) is 6.92 Å². The van der Waals surface area contributed by atoms with Crippen molar-refractivity contribution in [1.82, 2.24) is 4.72 Å². The maximum Gasteiger partial charge on any atom is 0.240 e. The first-order valence-corrected chi connectivity index (χ1v) is 7.91. The fraction of sp³-hybridized carbons (Fsp3) is 0.538. The number of sulfonamides is 1. The molecular formula is C13H20ClNO4S. The van der Waals surface area contributed by atoms with Gasteiger partial charge in [0.1, 0.15) is 5.60 Å². The van der Waals surface area contributed by atoms with E-state index in [0.717, 1.165) is 0 Å². The van der Waals surface area contributed by atoms with Crippen molar-refractivity contribution in [2.24, 2.45) is 0 Å². The maximum atomic E-state index is 12.3. The van der Waals surface area contributed by atoms with Gasteiger partial charge in [-0.3, -0.25) is 0 Å². The molecule has 0 heterocycles. The Labute approximate surface area is 125 Å². The van der Waals surface area contributed by atoms with Gasteiger partial charge in [0, 0.05) is 25.8 Å². The van der Waals surface area contributed by atoms with Gasteiger partial charge in [-0.25, -0.2) is 13.1 Å². The average molecular weight is 322 g/mol. The molecule has 0 unspecified atom stereocenters. The van der Waals surface area contributed by atoms with E-state index in [4.69, 9.17) is 21.1 Å². The third kappa shape index (κ3) is 4.17. The van der Waals surface area contributed by atoms with Crippen molar-refractivity contribution >= 4 is 21.6 Å². The van der Waals surface area contributed by atoms with E-state index in [9.17, 15) is 8.42 Å². The highest BCUT2D eigenvalue weighted by atomic mass is 35.5. The predicted octanol–water partition coefficient (Wildman–Crippen LogP) is 1.98. The SMILES string of the molecule is COC[C@](C)(CNS(=O)(=O)c1cccc(Cl)c1C)OC. The molecule has 1 atom stereocenters. The lowest BCUT2D eigenvalue weighted by molar-refractivity contribution is -0.0460. The van der Waals surface area contributed by atoms with Gasteiger partial charge in [-0.15, -0.1) is 0 Å². The van der Waals surface area contributed by atoms with Gasteiger partial charge in [0.05, 0.1) is 11.5 Å². The van der Waals surface area contributed by atoms with Crippen LogP contribution in [0.5, 0.6) is 0 Å². The molecule has 20 heavy (non-hydrogen) atoms. The molecule has 5 nitrogen and oxygen atoms in total. The summed E-state index contributed by atoms with van der Waals surface area (Å²) in [5.41, 5.74) is -0.207. The smallest absolute Gasteiger partial charge is 0.240 e. The molecule has 7 heteroatoms. The van der Waals surface area contributed by atoms with E-state index in [0.29, 0.717) is 10.6 Å². The fourth-order valence-corrected chi connectivity index (χ4v) is 3.34. The Morgan fingerprint density at radius 3 is 2.55 bits per heavy atom. The number of methoxy groups -OCH3 is 2. The van der Waals surface area contributed by atoms with Crippen LogP contribution in [0.25, 0.3) is 0 Å². The molecule has 0 fully saturated rings. The quantitative estimate of drug-likeness (QED) is 0.834. The van der Waals surface area contributed by atoms with Crippen LogP contribution in [0.1, 0.15) is 12.5 Å². The maximum absolute atomic E-state index is 12.3. The zero-order valence-electron chi connectivity index (χ0n) is 12.1. The molecule has 0 aliphatic rings. The standard InChI is InChI=1S/C13H20ClNO4S/c1-10-11(14)6-5-7-12(10)20(16,17)15-8-13(2,19-4)9-18-3/h5-7,15H,8-9H2,1-4H3/t13-/m0/s1. The van der Waals surface area contributed by atoms with Gasteiger partial charge < -0.3 is 9.47 Å². The second-order valence-corrected chi connectivity index (χ2v) is 6.92. The van der Waals surface area contributed by atoms with Crippen LogP contribution >= 0.6 is 11.6 Å². The van der Waals surface area contributed by atoms with E-state index in [2.05, 4.69) is 4.72 Å². The Bertz CT molecular complexity index is 561. The average Bonchev–Trinajstić information content (AvgIpc) is 2.40. The summed E-state index contributed by atoms with van der Waals surface area (Å²) in [5.74, 6) is 0. The summed E-state index contributed by atoms with van der Waals surface area (Å²) in [6.45, 7) is 3.82. The van der Waals surface area contributed by atoms with E-state index in [1.807, 2.05) is 0 Å². The second kappa shape index (κ2) is 6.87. The first-order valence-electron chi connectivity index (χ1n) is 6.04. The lowest BCUT2D eigenvalue weighted by Crippen LogP contribution is -2.45. The van der Waals surface area contributed by atoms with Gasteiger partial charge in [0.15, 0.2) is 0 Å². The highest BCUT2D eigenvalue weighted by molar-refractivity contribution is 7.89. The summed E-state index contributed by atoms with van der Waals surface area (Å²) in [7, 11) is -0.599. The number of hydrogen-bond acceptors (Lipinski definition) is 4. The number of benzene rings is 1. The molecule has 1 aromatic rings. The summed E-state index contributed by atoms with van der Waals surface area (Å²) in [6.07, 6.45) is 0. The van der Waals surface area contributed by atoms with Crippen molar-refractivity contribution in [1.29, 1.82) is 0 Å². The second-order valence-electron chi connectivity index (χ2n) is 4.77. The molecule has 0 saturated heterocycles. The van der Waals surface area contributed by atoms with Gasteiger partial charge in [0.25, 0.3) is 0 Å². The number of hydrogen-bond donors (Lipinski definition) is 1. The van der Waals surface area contributed by atoms with E-state index in [-0.39, 0.29) is 18.0 Å². The number of rotatable bonds is 7. The monoisotopic (exact) mass is 321 g/mol. The Morgan fingerprint density at radius 2 is 2.00 bits per heavy atom. The first kappa shape index (κ1) is 17.4. The molecule has 0 radical (unpaired) electrons. The summed E-state index contributed by atoms with van der Waals surface area (Å²) in [6, 6.07) is 4.78. The molecular weight excluding hydrogens is 302 g/mol. The Kier molecular flexibility index (Phi) is 5.97. The zero-order chi connectivity index (χ0) is 15.4. The van der Waals surface area contributed by atoms with Crippen LogP contribution in [0.4, 0.5) is 0 Å². The molecule has 0 aromatic heterocycles. The van der Waals surface area contributed by atoms with Crippen LogP contribution in [0.3, 0.4) is 0 Å². The van der Waals surface area contributed by atoms with Crippen LogP contribution in [0.2, 0.25) is 5.02 Å². The molecule has 1 N–H and O–H groups in total. The molecule has 1 aromatic carbocycles. The van der Waals surface area contributed by atoms with Crippen molar-refractivity contribution in [2.45, 2.75) is 24.3 Å². The molecule has 114 valence electrons. The highest BCUT2D eigenvalue weighted by Crippen LogP contribution is 2.23. The Morgan fingerprint density at radius 1 is 1.35 bits per heavy atom. The number of halogens is 1. The summed E-state index contributed by atoms with van der Waals surface area (Å²) >= 11 is 5.95. The molecule has 0 saturated carbocycles. The van der Waals surface area contributed by atoms with Gasteiger partial charge in [-0.05, 0) is 31.5 Å². The minimum atomic E-state index is -3.65. The van der Waals surface area contributed by atoms with E-state index in [1.54, 1.807) is 26.0 Å². The third-order valence-electron chi connectivity index (χ3n) is 3.09. The van der Waals surface area contributed by atoms with Gasteiger partial charge in [0.2, 0.25) is 10.0 Å². The van der Waals surface area contributed by atoms with Crippen molar-refractivity contribution in [2.75, 3.05) is 27.4 Å². The number of nitrogens with one attached hydrogen (secondary N) is 1. The molecule has 1 rings (SSSR count). The van der Waals surface area contributed by atoms with Crippen molar-refractivity contribution < 1.29 is 17.9 Å². The Hall–Kier alpha value is -0.660. The molecule has 0 bridgehead atoms. The van der Waals surface area contributed by atoms with E-state index < -0.39 is 15.6 Å². The minimum Gasteiger partial charge on any atom is -0.382 e. The van der Waals surface area contributed by atoms with E-state index in [1.165, 1.54) is 20.3 Å². The van der Waals surface area contributed by atoms with Crippen LogP contribution in [-0.2, 0) is 19.5 Å². The first-order chi connectivity index (χ1) is 9.25. The summed E-state index contributed by atoms with van der Waals surface area (Å²) < 4.78 is 37.5. The molecule has 0 amide bonds. The molecule has 0 aliphatic heterocycles. The van der Waals surface area contributed by atoms with Gasteiger partial charge in [-0.2, -0.15) is 0 Å². The van der Waals surface area contributed by atoms with Crippen molar-refractivity contribution in [3.05, 3.63) is 28.8 Å². The lowest BCUT2D eigenvalue weighted by atomic mass is 10.1. The van der Waals surface area contributed by atoms with Crippen molar-refractivity contribution in [3.63, 3.8) is 0 Å². The lowest BCUT2D eigenvalue weighted by Gasteiger charge is -2.27. The normalized spacial score (nSPS) is 15.1. The number of ether oxygens (including phenoxy) is 2.